The van der Waals surface area contributed by atoms with Gasteiger partial charge in [-0.15, -0.1) is 0 Å². The number of aliphatic hydroxyl groups is 1. The second-order valence-electron chi connectivity index (χ2n) is 6.35. The molecule has 1 heterocycles. The van der Waals surface area contributed by atoms with Crippen LogP contribution in [-0.2, 0) is 4.74 Å². The van der Waals surface area contributed by atoms with Gasteiger partial charge < -0.3 is 14.7 Å². The van der Waals surface area contributed by atoms with E-state index in [1.54, 1.807) is 4.90 Å². The van der Waals surface area contributed by atoms with Crippen LogP contribution in [0.4, 0.5) is 4.39 Å². The number of amides is 1. The summed E-state index contributed by atoms with van der Waals surface area (Å²) in [4.78, 5) is 14.3. The Balaban J connectivity index is 1.66. The second kappa shape index (κ2) is 6.38. The van der Waals surface area contributed by atoms with E-state index in [1.165, 1.54) is 18.2 Å². The van der Waals surface area contributed by atoms with Gasteiger partial charge in [0.05, 0.1) is 17.2 Å². The Labute approximate surface area is 140 Å². The van der Waals surface area contributed by atoms with Crippen molar-refractivity contribution in [3.63, 3.8) is 0 Å². The maximum atomic E-state index is 13.2. The van der Waals surface area contributed by atoms with Crippen molar-refractivity contribution in [2.45, 2.75) is 38.4 Å². The number of carbonyl (C=O) groups excluding carboxylic acids is 1. The van der Waals surface area contributed by atoms with Gasteiger partial charge in [-0.25, -0.2) is 4.39 Å². The summed E-state index contributed by atoms with van der Waals surface area (Å²) >= 11 is 5.75. The fourth-order valence-electron chi connectivity index (χ4n) is 3.75. The average molecular weight is 342 g/mol. The van der Waals surface area contributed by atoms with Gasteiger partial charge >= 0.3 is 0 Å². The van der Waals surface area contributed by atoms with E-state index in [1.807, 2.05) is 6.92 Å². The Bertz CT molecular complexity index is 600. The molecule has 3 rings (SSSR count). The largest absolute Gasteiger partial charge is 0.392 e. The molecule has 1 saturated carbocycles. The van der Waals surface area contributed by atoms with Crippen LogP contribution in [0, 0.1) is 11.2 Å². The molecule has 0 radical (unpaired) electrons. The maximum Gasteiger partial charge on any atom is 0.253 e. The first-order chi connectivity index (χ1) is 11.0. The minimum atomic E-state index is -0.530. The van der Waals surface area contributed by atoms with Crippen LogP contribution in [0.2, 0.25) is 5.02 Å². The smallest absolute Gasteiger partial charge is 0.253 e. The summed E-state index contributed by atoms with van der Waals surface area (Å²) in [5.74, 6) is -0.679. The van der Waals surface area contributed by atoms with Gasteiger partial charge in [-0.2, -0.15) is 0 Å². The van der Waals surface area contributed by atoms with Crippen molar-refractivity contribution in [1.82, 2.24) is 4.90 Å². The van der Waals surface area contributed by atoms with Crippen molar-refractivity contribution in [3.8, 4) is 0 Å². The van der Waals surface area contributed by atoms with Gasteiger partial charge in [0.2, 0.25) is 0 Å². The van der Waals surface area contributed by atoms with E-state index in [4.69, 9.17) is 16.3 Å². The van der Waals surface area contributed by atoms with Gasteiger partial charge in [0.15, 0.2) is 0 Å². The second-order valence-corrected chi connectivity index (χ2v) is 6.76. The van der Waals surface area contributed by atoms with Crippen molar-refractivity contribution in [1.29, 1.82) is 0 Å². The molecule has 0 aromatic heterocycles. The molecule has 2 unspecified atom stereocenters. The minimum absolute atomic E-state index is 0.0462. The number of piperidine rings is 1. The van der Waals surface area contributed by atoms with E-state index in [0.717, 1.165) is 12.8 Å². The average Bonchev–Trinajstić information content (AvgIpc) is 2.57. The molecule has 1 spiro atoms. The van der Waals surface area contributed by atoms with Gasteiger partial charge in [0, 0.05) is 37.1 Å². The zero-order valence-electron chi connectivity index (χ0n) is 13.1. The van der Waals surface area contributed by atoms with Gasteiger partial charge in [0.25, 0.3) is 5.91 Å². The van der Waals surface area contributed by atoms with Crippen LogP contribution < -0.4 is 0 Å². The van der Waals surface area contributed by atoms with E-state index in [0.29, 0.717) is 31.7 Å². The summed E-state index contributed by atoms with van der Waals surface area (Å²) < 4.78 is 18.9. The molecular weight excluding hydrogens is 321 g/mol. The third-order valence-electron chi connectivity index (χ3n) is 5.26. The number of rotatable bonds is 3. The Morgan fingerprint density at radius 1 is 1.48 bits per heavy atom. The molecule has 0 bridgehead atoms. The third kappa shape index (κ3) is 2.86. The number of ether oxygens (including phenoxy) is 1. The van der Waals surface area contributed by atoms with Gasteiger partial charge in [-0.3, -0.25) is 4.79 Å². The maximum absolute atomic E-state index is 13.2. The summed E-state index contributed by atoms with van der Waals surface area (Å²) in [6.07, 6.45) is 1.85. The molecule has 1 N–H and O–H groups in total. The molecular formula is C17H21ClFNO3. The van der Waals surface area contributed by atoms with E-state index in [-0.39, 0.29) is 28.6 Å². The predicted molar refractivity (Wildman–Crippen MR) is 85.0 cm³/mol. The lowest BCUT2D eigenvalue weighted by atomic mass is 9.58. The van der Waals surface area contributed by atoms with Crippen LogP contribution in [-0.4, -0.2) is 47.8 Å². The lowest BCUT2D eigenvalue weighted by Crippen LogP contribution is -2.62. The molecule has 1 aliphatic carbocycles. The Morgan fingerprint density at radius 3 is 2.74 bits per heavy atom. The molecule has 1 aromatic carbocycles. The van der Waals surface area contributed by atoms with Crippen molar-refractivity contribution in [2.24, 2.45) is 5.41 Å². The Morgan fingerprint density at radius 2 is 2.17 bits per heavy atom. The highest BCUT2D eigenvalue weighted by atomic mass is 35.5. The topological polar surface area (TPSA) is 49.8 Å². The SMILES string of the molecule is CCOC1CC(O)C12CCN(C(=O)c1ccc(F)c(Cl)c1)CC2. The third-order valence-corrected chi connectivity index (χ3v) is 5.55. The Hall–Kier alpha value is -1.17. The summed E-state index contributed by atoms with van der Waals surface area (Å²) in [6.45, 7) is 3.72. The molecule has 1 aliphatic heterocycles. The highest BCUT2D eigenvalue weighted by Crippen LogP contribution is 2.51. The van der Waals surface area contributed by atoms with Gasteiger partial charge in [-0.1, -0.05) is 11.6 Å². The van der Waals surface area contributed by atoms with Gasteiger partial charge in [-0.05, 0) is 38.0 Å². The quantitative estimate of drug-likeness (QED) is 0.919. The van der Waals surface area contributed by atoms with Crippen LogP contribution in [0.5, 0.6) is 0 Å². The summed E-state index contributed by atoms with van der Waals surface area (Å²) in [5, 5.41) is 10.1. The normalized spacial score (nSPS) is 26.2. The number of hydrogen-bond acceptors (Lipinski definition) is 3. The lowest BCUT2D eigenvalue weighted by molar-refractivity contribution is -0.207. The molecule has 1 amide bonds. The number of hydrogen-bond donors (Lipinski definition) is 1. The van der Waals surface area contributed by atoms with Crippen molar-refractivity contribution >= 4 is 17.5 Å². The molecule has 23 heavy (non-hydrogen) atoms. The molecule has 1 saturated heterocycles. The van der Waals surface area contributed by atoms with Crippen LogP contribution in [0.15, 0.2) is 18.2 Å². The summed E-state index contributed by atoms with van der Waals surface area (Å²) in [6, 6.07) is 4.03. The molecule has 6 heteroatoms. The van der Waals surface area contributed by atoms with E-state index < -0.39 is 5.82 Å². The first kappa shape index (κ1) is 16.7. The van der Waals surface area contributed by atoms with Crippen molar-refractivity contribution in [2.75, 3.05) is 19.7 Å². The standard InChI is InChI=1S/C17H21ClFNO3/c1-2-23-15-10-14(21)17(15)5-7-20(8-6-17)16(22)11-3-4-13(19)12(18)9-11/h3-4,9,14-15,21H,2,5-8,10H2,1H3. The molecule has 1 aromatic rings. The van der Waals surface area contributed by atoms with Crippen LogP contribution in [0.25, 0.3) is 0 Å². The van der Waals surface area contributed by atoms with Crippen LogP contribution >= 0.6 is 11.6 Å². The first-order valence-electron chi connectivity index (χ1n) is 8.02. The molecule has 2 fully saturated rings. The first-order valence-corrected chi connectivity index (χ1v) is 8.39. The van der Waals surface area contributed by atoms with Crippen LogP contribution in [0.3, 0.4) is 0 Å². The monoisotopic (exact) mass is 341 g/mol. The minimum Gasteiger partial charge on any atom is -0.392 e. The predicted octanol–water partition coefficient (Wildman–Crippen LogP) is 2.87. The fraction of sp³-hybridized carbons (Fsp3) is 0.588. The van der Waals surface area contributed by atoms with E-state index >= 15 is 0 Å². The molecule has 126 valence electrons. The number of nitrogens with zero attached hydrogens (tertiary/aromatic N) is 1. The summed E-state index contributed by atoms with van der Waals surface area (Å²) in [7, 11) is 0. The Kier molecular flexibility index (Phi) is 4.63. The molecule has 4 nitrogen and oxygen atoms in total. The van der Waals surface area contributed by atoms with Gasteiger partial charge in [0.1, 0.15) is 5.82 Å². The highest BCUT2D eigenvalue weighted by molar-refractivity contribution is 6.31. The lowest BCUT2D eigenvalue weighted by Gasteiger charge is -2.56. The zero-order valence-corrected chi connectivity index (χ0v) is 13.9. The number of carbonyl (C=O) groups is 1. The van der Waals surface area contributed by atoms with Crippen LogP contribution in [0.1, 0.15) is 36.5 Å². The molecule has 2 atom stereocenters. The number of aliphatic hydroxyl groups excluding tert-OH is 1. The van der Waals surface area contributed by atoms with Crippen molar-refractivity contribution in [3.05, 3.63) is 34.6 Å². The number of halogens is 2. The fourth-order valence-corrected chi connectivity index (χ4v) is 3.94. The number of likely N-dealkylation sites (tertiary alicyclic amines) is 1. The summed E-state index contributed by atoms with van der Waals surface area (Å²) in [5.41, 5.74) is 0.176. The van der Waals surface area contributed by atoms with E-state index in [9.17, 15) is 14.3 Å². The van der Waals surface area contributed by atoms with E-state index in [2.05, 4.69) is 0 Å². The van der Waals surface area contributed by atoms with Crippen molar-refractivity contribution < 1.29 is 19.0 Å². The zero-order chi connectivity index (χ0) is 16.6. The molecule has 2 aliphatic rings. The number of benzene rings is 1. The highest BCUT2D eigenvalue weighted by Gasteiger charge is 2.56.